The molecule has 0 bridgehead atoms. The predicted octanol–water partition coefficient (Wildman–Crippen LogP) is 6.11. The summed E-state index contributed by atoms with van der Waals surface area (Å²) in [5.41, 5.74) is 1.51. The van der Waals surface area contributed by atoms with Gasteiger partial charge in [0.2, 0.25) is 0 Å². The van der Waals surface area contributed by atoms with Crippen LogP contribution in [0, 0.1) is 0 Å². The molecule has 0 aromatic heterocycles. The van der Waals surface area contributed by atoms with Crippen molar-refractivity contribution in [3.05, 3.63) is 48.3 Å². The Bertz CT molecular complexity index is 360. The third-order valence-corrected chi connectivity index (χ3v) is 11.7. The summed E-state index contributed by atoms with van der Waals surface area (Å²) in [7, 11) is 0. The van der Waals surface area contributed by atoms with Crippen molar-refractivity contribution < 1.29 is 0 Å². The second-order valence-corrected chi connectivity index (χ2v) is 12.2. The summed E-state index contributed by atoms with van der Waals surface area (Å²) in [6, 6.07) is 11.1. The molecule has 1 aromatic rings. The van der Waals surface area contributed by atoms with Crippen LogP contribution in [0.1, 0.15) is 45.6 Å². The Morgan fingerprint density at radius 2 is 1.37 bits per heavy atom. The average Bonchev–Trinajstić information content (AvgIpc) is 2.41. The van der Waals surface area contributed by atoms with Crippen LogP contribution in [0.25, 0.3) is 0 Å². The van der Waals surface area contributed by atoms with Crippen molar-refractivity contribution in [3.63, 3.8) is 0 Å². The van der Waals surface area contributed by atoms with E-state index >= 15 is 0 Å². The number of hydrogen-bond donors (Lipinski definition) is 0. The first-order valence-electron chi connectivity index (χ1n) is 7.82. The molecule has 0 aliphatic carbocycles. The van der Waals surface area contributed by atoms with E-state index in [9.17, 15) is 0 Å². The van der Waals surface area contributed by atoms with Gasteiger partial charge in [-0.15, -0.1) is 0 Å². The minimum atomic E-state index is -1.78. The second-order valence-electron chi connectivity index (χ2n) is 6.07. The van der Waals surface area contributed by atoms with E-state index in [4.69, 9.17) is 0 Å². The van der Waals surface area contributed by atoms with Gasteiger partial charge < -0.3 is 0 Å². The summed E-state index contributed by atoms with van der Waals surface area (Å²) in [5, 5.41) is 0. The van der Waals surface area contributed by atoms with E-state index in [0.29, 0.717) is 0 Å². The summed E-state index contributed by atoms with van der Waals surface area (Å²) in [4.78, 5) is 0. The molecule has 0 radical (unpaired) electrons. The van der Waals surface area contributed by atoms with Crippen molar-refractivity contribution in [1.82, 2.24) is 0 Å². The molecular formula is C18H31P. The Morgan fingerprint density at radius 3 is 1.74 bits per heavy atom. The molecule has 0 aliphatic heterocycles. The maximum atomic E-state index is 4.32. The van der Waals surface area contributed by atoms with Gasteiger partial charge in [0.1, 0.15) is 0 Å². The molecule has 0 heterocycles. The molecule has 0 saturated heterocycles. The van der Waals surface area contributed by atoms with Crippen LogP contribution in [-0.2, 0) is 6.16 Å². The van der Waals surface area contributed by atoms with Gasteiger partial charge in [0.25, 0.3) is 0 Å². The summed E-state index contributed by atoms with van der Waals surface area (Å²) in [5.74, 6) is 2.43. The molecule has 19 heavy (non-hydrogen) atoms. The first kappa shape index (κ1) is 16.4. The van der Waals surface area contributed by atoms with Crippen molar-refractivity contribution in [2.24, 2.45) is 0 Å². The maximum absolute atomic E-state index is 4.32. The van der Waals surface area contributed by atoms with E-state index in [1.165, 1.54) is 49.5 Å². The minimum absolute atomic E-state index is 1.27. The van der Waals surface area contributed by atoms with Crippen LogP contribution in [0.4, 0.5) is 0 Å². The Labute approximate surface area is 120 Å². The van der Waals surface area contributed by atoms with Crippen LogP contribution in [0.2, 0.25) is 0 Å². The molecule has 1 aromatic carbocycles. The molecule has 0 saturated carbocycles. The number of hydrogen-bond acceptors (Lipinski definition) is 0. The van der Waals surface area contributed by atoms with Crippen molar-refractivity contribution in [3.8, 4) is 0 Å². The normalized spacial score (nSPS) is 13.7. The predicted molar refractivity (Wildman–Crippen MR) is 92.7 cm³/mol. The molecule has 0 atom stereocenters. The summed E-state index contributed by atoms with van der Waals surface area (Å²) in [6.45, 7) is 9.54. The van der Waals surface area contributed by atoms with Gasteiger partial charge in [0, 0.05) is 0 Å². The van der Waals surface area contributed by atoms with E-state index in [1.54, 1.807) is 0 Å². The van der Waals surface area contributed by atoms with Crippen molar-refractivity contribution in [2.45, 2.75) is 46.2 Å². The van der Waals surface area contributed by atoms with E-state index in [1.807, 2.05) is 0 Å². The molecule has 0 spiro atoms. The van der Waals surface area contributed by atoms with Gasteiger partial charge >= 0.3 is 120 Å². The zero-order chi connectivity index (χ0) is 14.2. The van der Waals surface area contributed by atoms with Crippen LogP contribution in [0.5, 0.6) is 0 Å². The van der Waals surface area contributed by atoms with E-state index in [0.717, 1.165) is 0 Å². The monoisotopic (exact) mass is 278 g/mol. The first-order valence-corrected chi connectivity index (χ1v) is 10.9. The van der Waals surface area contributed by atoms with Crippen molar-refractivity contribution in [1.29, 1.82) is 0 Å². The van der Waals surface area contributed by atoms with Crippen LogP contribution >= 0.6 is 6.60 Å². The SMILES string of the molecule is C=CP(CCC)(CCC)(CCC)Cc1ccccc1. The Kier molecular flexibility index (Phi) is 6.27. The van der Waals surface area contributed by atoms with Crippen molar-refractivity contribution in [2.75, 3.05) is 18.5 Å². The Morgan fingerprint density at radius 1 is 0.895 bits per heavy atom. The van der Waals surface area contributed by atoms with Crippen LogP contribution in [0.15, 0.2) is 42.7 Å². The van der Waals surface area contributed by atoms with Gasteiger partial charge in [-0.1, -0.05) is 0 Å². The number of benzene rings is 1. The fourth-order valence-corrected chi connectivity index (χ4v) is 10.4. The standard InChI is InChI=1S/C18H31P/c1-5-14-19(8-4,15-6-2,16-7-3)17-18-12-10-9-11-13-18/h8-13H,4-7,14-17H2,1-3H3. The van der Waals surface area contributed by atoms with Gasteiger partial charge in [-0.05, 0) is 0 Å². The molecule has 1 rings (SSSR count). The van der Waals surface area contributed by atoms with Gasteiger partial charge in [-0.3, -0.25) is 0 Å². The Balaban J connectivity index is 3.17. The molecule has 1 heteroatoms. The van der Waals surface area contributed by atoms with Crippen LogP contribution in [0.3, 0.4) is 0 Å². The summed E-state index contributed by atoms with van der Waals surface area (Å²) < 4.78 is 0. The zero-order valence-corrected chi connectivity index (χ0v) is 14.0. The van der Waals surface area contributed by atoms with Gasteiger partial charge in [-0.2, -0.15) is 0 Å². The van der Waals surface area contributed by atoms with Crippen LogP contribution in [-0.4, -0.2) is 18.5 Å². The first-order chi connectivity index (χ1) is 9.13. The third kappa shape index (κ3) is 3.93. The topological polar surface area (TPSA) is 0 Å². The fourth-order valence-electron chi connectivity index (χ4n) is 3.80. The second kappa shape index (κ2) is 7.25. The molecule has 0 unspecified atom stereocenters. The van der Waals surface area contributed by atoms with E-state index < -0.39 is 6.60 Å². The summed E-state index contributed by atoms with van der Waals surface area (Å²) in [6.07, 6.45) is 9.28. The molecule has 0 fully saturated rings. The zero-order valence-electron chi connectivity index (χ0n) is 13.1. The van der Waals surface area contributed by atoms with E-state index in [2.05, 4.69) is 63.5 Å². The third-order valence-electron chi connectivity index (χ3n) is 4.45. The summed E-state index contributed by atoms with van der Waals surface area (Å²) >= 11 is 0. The fraction of sp³-hybridized carbons (Fsp3) is 0.556. The average molecular weight is 278 g/mol. The molecule has 0 aliphatic rings. The molecule has 0 amide bonds. The van der Waals surface area contributed by atoms with Crippen LogP contribution < -0.4 is 0 Å². The number of rotatable bonds is 9. The Hall–Kier alpha value is -0.610. The molecular weight excluding hydrogens is 247 g/mol. The quantitative estimate of drug-likeness (QED) is 0.478. The molecule has 0 N–H and O–H groups in total. The molecule has 0 nitrogen and oxygen atoms in total. The van der Waals surface area contributed by atoms with Gasteiger partial charge in [0.05, 0.1) is 0 Å². The van der Waals surface area contributed by atoms with Gasteiger partial charge in [0.15, 0.2) is 0 Å². The van der Waals surface area contributed by atoms with Gasteiger partial charge in [-0.25, -0.2) is 0 Å². The van der Waals surface area contributed by atoms with E-state index in [-0.39, 0.29) is 0 Å². The van der Waals surface area contributed by atoms with Crippen molar-refractivity contribution >= 4 is 6.60 Å². The molecule has 108 valence electrons.